The van der Waals surface area contributed by atoms with Crippen LogP contribution in [0.1, 0.15) is 10.4 Å². The standard InChI is InChI=1S/C22H21ClN4O3S/c23-21-9-8-19(15-20(21)22(28)25-17-5-4-10-24-16-17)31(29,30)27-13-11-26(12-14-27)18-6-2-1-3-7-18/h1-10,15-16H,11-14H2,(H,25,28). The molecule has 2 heterocycles. The molecule has 4 rings (SSSR count). The molecule has 160 valence electrons. The van der Waals surface area contributed by atoms with Gasteiger partial charge in [-0.15, -0.1) is 0 Å². The number of aromatic nitrogens is 1. The highest BCUT2D eigenvalue weighted by atomic mass is 35.5. The van der Waals surface area contributed by atoms with Crippen LogP contribution in [0.3, 0.4) is 0 Å². The fourth-order valence-electron chi connectivity index (χ4n) is 3.45. The Morgan fingerprint density at radius 2 is 1.71 bits per heavy atom. The van der Waals surface area contributed by atoms with Crippen LogP contribution >= 0.6 is 11.6 Å². The zero-order chi connectivity index (χ0) is 21.8. The third kappa shape index (κ3) is 4.71. The van der Waals surface area contributed by atoms with E-state index >= 15 is 0 Å². The van der Waals surface area contributed by atoms with Crippen molar-refractivity contribution in [3.63, 3.8) is 0 Å². The van der Waals surface area contributed by atoms with Crippen LogP contribution in [0, 0.1) is 0 Å². The Hall–Kier alpha value is -2.94. The Bertz CT molecular complexity index is 1170. The number of nitrogens with zero attached hydrogens (tertiary/aromatic N) is 3. The second-order valence-corrected chi connectivity index (χ2v) is 9.41. The molecular weight excluding hydrogens is 436 g/mol. The van der Waals surface area contributed by atoms with Crippen LogP contribution in [0.4, 0.5) is 11.4 Å². The summed E-state index contributed by atoms with van der Waals surface area (Å²) in [6.45, 7) is 1.89. The van der Waals surface area contributed by atoms with Gasteiger partial charge in [0.15, 0.2) is 0 Å². The van der Waals surface area contributed by atoms with Gasteiger partial charge in [0.2, 0.25) is 10.0 Å². The number of piperazine rings is 1. The highest BCUT2D eigenvalue weighted by Gasteiger charge is 2.29. The van der Waals surface area contributed by atoms with E-state index in [-0.39, 0.29) is 15.5 Å². The maximum Gasteiger partial charge on any atom is 0.257 e. The monoisotopic (exact) mass is 456 g/mol. The van der Waals surface area contributed by atoms with Crippen molar-refractivity contribution < 1.29 is 13.2 Å². The molecule has 1 N–H and O–H groups in total. The maximum absolute atomic E-state index is 13.2. The summed E-state index contributed by atoms with van der Waals surface area (Å²) in [5, 5.41) is 2.86. The molecule has 1 aromatic heterocycles. The minimum Gasteiger partial charge on any atom is -0.369 e. The number of anilines is 2. The van der Waals surface area contributed by atoms with Gasteiger partial charge in [0, 0.05) is 38.1 Å². The van der Waals surface area contributed by atoms with Crippen LogP contribution in [-0.4, -0.2) is 49.8 Å². The summed E-state index contributed by atoms with van der Waals surface area (Å²) in [6, 6.07) is 17.5. The molecule has 0 unspecified atom stereocenters. The van der Waals surface area contributed by atoms with Crippen molar-refractivity contribution in [2.24, 2.45) is 0 Å². The number of carbonyl (C=O) groups excluding carboxylic acids is 1. The van der Waals surface area contributed by atoms with Gasteiger partial charge in [0.05, 0.1) is 27.4 Å². The van der Waals surface area contributed by atoms with Crippen LogP contribution in [0.5, 0.6) is 0 Å². The molecule has 1 aliphatic rings. The first-order valence-electron chi connectivity index (χ1n) is 9.76. The van der Waals surface area contributed by atoms with Crippen LogP contribution in [0.15, 0.2) is 78.0 Å². The predicted molar refractivity (Wildman–Crippen MR) is 121 cm³/mol. The number of rotatable bonds is 5. The molecule has 1 saturated heterocycles. The maximum atomic E-state index is 13.2. The zero-order valence-electron chi connectivity index (χ0n) is 16.6. The third-order valence-corrected chi connectivity index (χ3v) is 7.32. The van der Waals surface area contributed by atoms with Gasteiger partial charge >= 0.3 is 0 Å². The molecule has 31 heavy (non-hydrogen) atoms. The lowest BCUT2D eigenvalue weighted by Gasteiger charge is -2.35. The second kappa shape index (κ2) is 9.05. The number of para-hydroxylation sites is 1. The molecule has 0 spiro atoms. The number of nitrogens with one attached hydrogen (secondary N) is 1. The minimum atomic E-state index is -3.76. The molecular formula is C22H21ClN4O3S. The molecule has 0 saturated carbocycles. The molecule has 1 fully saturated rings. The van der Waals surface area contributed by atoms with Gasteiger partial charge in [0.1, 0.15) is 0 Å². The Labute approximate surface area is 186 Å². The van der Waals surface area contributed by atoms with Crippen LogP contribution in [0.2, 0.25) is 5.02 Å². The number of halogens is 1. The highest BCUT2D eigenvalue weighted by molar-refractivity contribution is 7.89. The predicted octanol–water partition coefficient (Wildman–Crippen LogP) is 3.50. The first-order chi connectivity index (χ1) is 14.9. The molecule has 7 nitrogen and oxygen atoms in total. The van der Waals surface area contributed by atoms with Crippen molar-refractivity contribution in [2.75, 3.05) is 36.4 Å². The van der Waals surface area contributed by atoms with E-state index in [2.05, 4.69) is 15.2 Å². The lowest BCUT2D eigenvalue weighted by Crippen LogP contribution is -2.48. The van der Waals surface area contributed by atoms with Crippen LogP contribution in [0.25, 0.3) is 0 Å². The summed E-state index contributed by atoms with van der Waals surface area (Å²) >= 11 is 6.19. The average molecular weight is 457 g/mol. The molecule has 2 aromatic carbocycles. The number of benzene rings is 2. The third-order valence-electron chi connectivity index (χ3n) is 5.10. The van der Waals surface area contributed by atoms with Gasteiger partial charge in [-0.1, -0.05) is 29.8 Å². The van der Waals surface area contributed by atoms with E-state index in [0.717, 1.165) is 5.69 Å². The van der Waals surface area contributed by atoms with Crippen molar-refractivity contribution in [1.29, 1.82) is 0 Å². The SMILES string of the molecule is O=C(Nc1cccnc1)c1cc(S(=O)(=O)N2CCN(c3ccccc3)CC2)ccc1Cl. The zero-order valence-corrected chi connectivity index (χ0v) is 18.2. The minimum absolute atomic E-state index is 0.0430. The van der Waals surface area contributed by atoms with Gasteiger partial charge < -0.3 is 10.2 Å². The number of amides is 1. The van der Waals surface area contributed by atoms with E-state index in [9.17, 15) is 13.2 Å². The number of sulfonamides is 1. The van der Waals surface area contributed by atoms with E-state index in [1.807, 2.05) is 30.3 Å². The highest BCUT2D eigenvalue weighted by Crippen LogP contribution is 2.25. The van der Waals surface area contributed by atoms with E-state index < -0.39 is 15.9 Å². The van der Waals surface area contributed by atoms with Crippen molar-refractivity contribution in [3.05, 3.63) is 83.6 Å². The molecule has 9 heteroatoms. The van der Waals surface area contributed by atoms with Crippen molar-refractivity contribution in [2.45, 2.75) is 4.90 Å². The second-order valence-electron chi connectivity index (χ2n) is 7.06. The smallest absolute Gasteiger partial charge is 0.257 e. The average Bonchev–Trinajstić information content (AvgIpc) is 2.80. The fourth-order valence-corrected chi connectivity index (χ4v) is 5.10. The Morgan fingerprint density at radius 3 is 2.39 bits per heavy atom. The molecule has 3 aromatic rings. The molecule has 1 amide bonds. The van der Waals surface area contributed by atoms with Gasteiger partial charge in [0.25, 0.3) is 5.91 Å². The van der Waals surface area contributed by atoms with E-state index in [1.165, 1.54) is 28.7 Å². The molecule has 0 radical (unpaired) electrons. The van der Waals surface area contributed by atoms with Crippen LogP contribution < -0.4 is 10.2 Å². The summed E-state index contributed by atoms with van der Waals surface area (Å²) < 4.78 is 27.8. The van der Waals surface area contributed by atoms with E-state index in [0.29, 0.717) is 31.9 Å². The Morgan fingerprint density at radius 1 is 0.968 bits per heavy atom. The number of hydrogen-bond acceptors (Lipinski definition) is 5. The van der Waals surface area contributed by atoms with E-state index in [4.69, 9.17) is 11.6 Å². The summed E-state index contributed by atoms with van der Waals surface area (Å²) in [5.74, 6) is -0.496. The summed E-state index contributed by atoms with van der Waals surface area (Å²) in [7, 11) is -3.76. The van der Waals surface area contributed by atoms with E-state index in [1.54, 1.807) is 18.3 Å². The fraction of sp³-hybridized carbons (Fsp3) is 0.182. The first kappa shape index (κ1) is 21.3. The summed E-state index contributed by atoms with van der Waals surface area (Å²) in [5.41, 5.74) is 1.66. The van der Waals surface area contributed by atoms with Gasteiger partial charge in [-0.25, -0.2) is 8.42 Å². The largest absolute Gasteiger partial charge is 0.369 e. The van der Waals surface area contributed by atoms with Gasteiger partial charge in [-0.05, 0) is 42.5 Å². The van der Waals surface area contributed by atoms with Crippen molar-refractivity contribution in [3.8, 4) is 0 Å². The number of carbonyl (C=O) groups is 1. The van der Waals surface area contributed by atoms with Crippen molar-refractivity contribution >= 4 is 38.9 Å². The molecule has 0 aliphatic carbocycles. The number of hydrogen-bond donors (Lipinski definition) is 1. The van der Waals surface area contributed by atoms with Gasteiger partial charge in [-0.3, -0.25) is 9.78 Å². The van der Waals surface area contributed by atoms with Gasteiger partial charge in [-0.2, -0.15) is 4.31 Å². The Kier molecular flexibility index (Phi) is 6.22. The normalized spacial score (nSPS) is 14.9. The van der Waals surface area contributed by atoms with Crippen molar-refractivity contribution in [1.82, 2.24) is 9.29 Å². The molecule has 0 atom stereocenters. The number of pyridine rings is 1. The quantitative estimate of drug-likeness (QED) is 0.635. The lowest BCUT2D eigenvalue weighted by atomic mass is 10.2. The molecule has 0 bridgehead atoms. The Balaban J connectivity index is 1.51. The summed E-state index contributed by atoms with van der Waals surface area (Å²) in [4.78, 5) is 18.8. The first-order valence-corrected chi connectivity index (χ1v) is 11.6. The molecule has 1 aliphatic heterocycles. The summed E-state index contributed by atoms with van der Waals surface area (Å²) in [6.07, 6.45) is 3.09. The topological polar surface area (TPSA) is 82.6 Å². The van der Waals surface area contributed by atoms with Crippen LogP contribution in [-0.2, 0) is 10.0 Å². The lowest BCUT2D eigenvalue weighted by molar-refractivity contribution is 0.102.